The molecular weight excluding hydrogens is 558 g/mol. The number of aromatic nitrogens is 1. The zero-order chi connectivity index (χ0) is 30.8. The molecule has 3 heteroatoms. The number of hydrogen-bond donors (Lipinski definition) is 1. The molecule has 1 N–H and O–H groups in total. The van der Waals surface area contributed by atoms with Crippen molar-refractivity contribution in [3.63, 3.8) is 0 Å². The Bertz CT molecular complexity index is 2360. The van der Waals surface area contributed by atoms with Crippen LogP contribution in [0.15, 0.2) is 157 Å². The predicted octanol–water partition coefficient (Wildman–Crippen LogP) is 10.2. The Labute approximate surface area is 269 Å². The van der Waals surface area contributed by atoms with Gasteiger partial charge in [0.2, 0.25) is 0 Å². The van der Waals surface area contributed by atoms with E-state index in [-0.39, 0.29) is 11.5 Å². The summed E-state index contributed by atoms with van der Waals surface area (Å²) in [5.41, 5.74) is 13.4. The minimum Gasteiger partial charge on any atom is -0.340 e. The first kappa shape index (κ1) is 26.7. The molecule has 6 aromatic carbocycles. The summed E-state index contributed by atoms with van der Waals surface area (Å²) in [5, 5.41) is 6.23. The lowest BCUT2D eigenvalue weighted by atomic mass is 9.82. The van der Waals surface area contributed by atoms with Gasteiger partial charge < -0.3 is 9.88 Å². The predicted molar refractivity (Wildman–Crippen MR) is 192 cm³/mol. The van der Waals surface area contributed by atoms with E-state index in [0.717, 1.165) is 28.3 Å². The van der Waals surface area contributed by atoms with Gasteiger partial charge >= 0.3 is 0 Å². The number of fused-ring (bicyclic) bond motifs is 6. The third-order valence-corrected chi connectivity index (χ3v) is 9.83. The maximum atomic E-state index is 5.25. The maximum absolute atomic E-state index is 5.25. The van der Waals surface area contributed by atoms with Gasteiger partial charge in [0, 0.05) is 33.1 Å². The van der Waals surface area contributed by atoms with E-state index in [2.05, 4.69) is 175 Å². The van der Waals surface area contributed by atoms with Crippen LogP contribution in [-0.2, 0) is 5.41 Å². The third-order valence-electron chi connectivity index (χ3n) is 9.83. The Morgan fingerprint density at radius 2 is 1.30 bits per heavy atom. The van der Waals surface area contributed by atoms with Crippen LogP contribution in [0.4, 0.5) is 0 Å². The van der Waals surface area contributed by atoms with Gasteiger partial charge in [-0.15, -0.1) is 0 Å². The second-order valence-electron chi connectivity index (χ2n) is 12.9. The number of benzene rings is 6. The van der Waals surface area contributed by atoms with Crippen LogP contribution >= 0.6 is 0 Å². The Morgan fingerprint density at radius 3 is 2.15 bits per heavy atom. The number of rotatable bonds is 4. The highest BCUT2D eigenvalue weighted by Gasteiger charge is 2.36. The molecule has 1 aromatic heterocycles. The van der Waals surface area contributed by atoms with Gasteiger partial charge in [-0.05, 0) is 69.8 Å². The number of nitrogens with one attached hydrogen (secondary N) is 1. The fourth-order valence-electron chi connectivity index (χ4n) is 7.52. The van der Waals surface area contributed by atoms with Gasteiger partial charge in [0.05, 0.1) is 17.1 Å². The summed E-state index contributed by atoms with van der Waals surface area (Å²) < 4.78 is 2.43. The molecule has 0 saturated heterocycles. The van der Waals surface area contributed by atoms with Gasteiger partial charge in [-0.2, -0.15) is 0 Å². The van der Waals surface area contributed by atoms with Crippen LogP contribution in [0.2, 0.25) is 0 Å². The molecule has 2 aliphatic rings. The van der Waals surface area contributed by atoms with Crippen molar-refractivity contribution < 1.29 is 0 Å². The van der Waals surface area contributed by atoms with Crippen LogP contribution in [0.25, 0.3) is 44.3 Å². The van der Waals surface area contributed by atoms with Crippen LogP contribution in [0.3, 0.4) is 0 Å². The number of amidine groups is 1. The van der Waals surface area contributed by atoms with Gasteiger partial charge in [0.1, 0.15) is 5.84 Å². The van der Waals surface area contributed by atoms with Crippen molar-refractivity contribution in [1.82, 2.24) is 9.88 Å². The molecule has 0 fully saturated rings. The smallest absolute Gasteiger partial charge is 0.133 e. The van der Waals surface area contributed by atoms with Gasteiger partial charge in [-0.3, -0.25) is 4.99 Å². The molecule has 1 aliphatic carbocycles. The first-order valence-corrected chi connectivity index (χ1v) is 16.0. The van der Waals surface area contributed by atoms with E-state index in [4.69, 9.17) is 4.99 Å². The Balaban J connectivity index is 1.22. The van der Waals surface area contributed by atoms with Crippen molar-refractivity contribution in [2.24, 2.45) is 4.99 Å². The zero-order valence-electron chi connectivity index (χ0n) is 25.9. The second kappa shape index (κ2) is 10.2. The third kappa shape index (κ3) is 4.09. The molecule has 1 atom stereocenters. The summed E-state index contributed by atoms with van der Waals surface area (Å²) in [6.07, 6.45) is 2.23. The average molecular weight is 592 g/mol. The maximum Gasteiger partial charge on any atom is 0.133 e. The Hall–Kier alpha value is -5.67. The number of para-hydroxylation sites is 1. The van der Waals surface area contributed by atoms with Gasteiger partial charge in [0.25, 0.3) is 0 Å². The fraction of sp³-hybridized carbons (Fsp3) is 0.0930. The van der Waals surface area contributed by atoms with E-state index in [9.17, 15) is 0 Å². The molecule has 2 heterocycles. The van der Waals surface area contributed by atoms with Crippen LogP contribution in [0, 0.1) is 0 Å². The van der Waals surface area contributed by atoms with Gasteiger partial charge in [-0.1, -0.05) is 129 Å². The molecule has 9 rings (SSSR count). The normalized spacial score (nSPS) is 16.4. The Morgan fingerprint density at radius 1 is 0.587 bits per heavy atom. The molecule has 220 valence electrons. The van der Waals surface area contributed by atoms with E-state index < -0.39 is 0 Å². The SMILES string of the molecule is CC1(C)c2ccccc2-c2cc3c4ccccc4n(-c4cccc(C5=NC(c6ccccc6)C=C(c6ccccc6)N5)c4)c3cc21. The van der Waals surface area contributed by atoms with Crippen molar-refractivity contribution in [1.29, 1.82) is 0 Å². The van der Waals surface area contributed by atoms with E-state index in [0.29, 0.717) is 0 Å². The number of aliphatic imine (C=N–C) groups is 1. The molecule has 7 aromatic rings. The molecule has 0 radical (unpaired) electrons. The molecule has 0 spiro atoms. The Kier molecular flexibility index (Phi) is 5.91. The largest absolute Gasteiger partial charge is 0.340 e. The van der Waals surface area contributed by atoms with Crippen LogP contribution in [-0.4, -0.2) is 10.4 Å². The minimum absolute atomic E-state index is 0.0728. The highest BCUT2D eigenvalue weighted by Crippen LogP contribution is 2.51. The first-order valence-electron chi connectivity index (χ1n) is 16.0. The lowest BCUT2D eigenvalue weighted by Crippen LogP contribution is -2.27. The first-order chi connectivity index (χ1) is 22.6. The van der Waals surface area contributed by atoms with Crippen LogP contribution < -0.4 is 5.32 Å². The molecule has 0 bridgehead atoms. The van der Waals surface area contributed by atoms with E-state index in [1.807, 2.05) is 0 Å². The van der Waals surface area contributed by atoms with Crippen molar-refractivity contribution in [3.8, 4) is 16.8 Å². The summed E-state index contributed by atoms with van der Waals surface area (Å²) in [4.78, 5) is 5.25. The van der Waals surface area contributed by atoms with Crippen molar-refractivity contribution in [2.75, 3.05) is 0 Å². The van der Waals surface area contributed by atoms with Crippen molar-refractivity contribution in [3.05, 3.63) is 179 Å². The quantitative estimate of drug-likeness (QED) is 0.217. The number of hydrogen-bond acceptors (Lipinski definition) is 2. The summed E-state index contributed by atoms with van der Waals surface area (Å²) in [6.45, 7) is 4.70. The van der Waals surface area contributed by atoms with Crippen molar-refractivity contribution in [2.45, 2.75) is 25.3 Å². The van der Waals surface area contributed by atoms with Gasteiger partial charge in [-0.25, -0.2) is 0 Å². The highest BCUT2D eigenvalue weighted by molar-refractivity contribution is 6.12. The molecule has 0 saturated carbocycles. The average Bonchev–Trinajstić information content (AvgIpc) is 3.56. The topological polar surface area (TPSA) is 29.3 Å². The molecular formula is C43H33N3. The van der Waals surface area contributed by atoms with E-state index >= 15 is 0 Å². The van der Waals surface area contributed by atoms with E-state index in [1.165, 1.54) is 49.6 Å². The monoisotopic (exact) mass is 591 g/mol. The lowest BCUT2D eigenvalue weighted by molar-refractivity contribution is 0.661. The summed E-state index contributed by atoms with van der Waals surface area (Å²) in [5.74, 6) is 0.871. The summed E-state index contributed by atoms with van der Waals surface area (Å²) >= 11 is 0. The minimum atomic E-state index is -0.0870. The highest BCUT2D eigenvalue weighted by atomic mass is 15.0. The molecule has 0 amide bonds. The van der Waals surface area contributed by atoms with E-state index in [1.54, 1.807) is 0 Å². The second-order valence-corrected chi connectivity index (χ2v) is 12.9. The zero-order valence-corrected chi connectivity index (χ0v) is 25.9. The summed E-state index contributed by atoms with van der Waals surface area (Å²) in [6, 6.07) is 52.3. The fourth-order valence-corrected chi connectivity index (χ4v) is 7.52. The summed E-state index contributed by atoms with van der Waals surface area (Å²) in [7, 11) is 0. The molecule has 46 heavy (non-hydrogen) atoms. The van der Waals surface area contributed by atoms with Crippen molar-refractivity contribution >= 4 is 33.3 Å². The molecule has 3 nitrogen and oxygen atoms in total. The van der Waals surface area contributed by atoms with Crippen LogP contribution in [0.5, 0.6) is 0 Å². The van der Waals surface area contributed by atoms with Crippen LogP contribution in [0.1, 0.15) is 47.7 Å². The lowest BCUT2D eigenvalue weighted by Gasteiger charge is -2.24. The number of nitrogens with zero attached hydrogens (tertiary/aromatic N) is 2. The van der Waals surface area contributed by atoms with Gasteiger partial charge in [0.15, 0.2) is 0 Å². The standard InChI is InChI=1S/C43H33N3/c1-43(2)36-22-11-9-20-32(36)34-25-35-33-21-10-12-23-40(33)46(41(35)26-37(34)43)31-19-13-18-30(24-31)42-44-38(28-14-5-3-6-15-28)27-39(45-42)29-16-7-4-8-17-29/h3-27,38H,1-2H3,(H,44,45). The molecule has 1 aliphatic heterocycles. The molecule has 1 unspecified atom stereocenters.